The van der Waals surface area contributed by atoms with Gasteiger partial charge in [0, 0.05) is 0 Å². The number of aryl methyl sites for hydroxylation is 1. The molecule has 0 amide bonds. The third-order valence-corrected chi connectivity index (χ3v) is 7.30. The van der Waals surface area contributed by atoms with Gasteiger partial charge in [-0.3, -0.25) is 9.13 Å². The van der Waals surface area contributed by atoms with E-state index in [1.54, 1.807) is 6.92 Å². The number of aliphatic hydroxyl groups excluding tert-OH is 2. The fraction of sp³-hybridized carbons (Fsp3) is 0.636. The molecule has 0 saturated carbocycles. The van der Waals surface area contributed by atoms with Crippen molar-refractivity contribution in [1.82, 2.24) is 25.0 Å². The smallest absolute Gasteiger partial charge is 0.340 e. The maximum Gasteiger partial charge on any atom is 0.340 e. The number of nitrogen functional groups attached to an aromatic ring is 1. The Morgan fingerprint density at radius 3 is 2.54 bits per heavy atom. The Kier molecular flexibility index (Phi) is 5.57. The van der Waals surface area contributed by atoms with Gasteiger partial charge in [-0.25, -0.2) is 9.97 Å². The van der Waals surface area contributed by atoms with Crippen LogP contribution in [0, 0.1) is 6.92 Å². The summed E-state index contributed by atoms with van der Waals surface area (Å²) in [5.41, 5.74) is 6.03. The van der Waals surface area contributed by atoms with Gasteiger partial charge in [0.15, 0.2) is 29.1 Å². The molecule has 0 aliphatic carbocycles. The molecule has 1 fully saturated rings. The number of hydrogen-bond acceptors (Lipinski definition) is 11. The highest BCUT2D eigenvalue weighted by Crippen LogP contribution is 2.55. The summed E-state index contributed by atoms with van der Waals surface area (Å²) in [5.74, 6) is -1.03. The first-order valence-electron chi connectivity index (χ1n) is 7.75. The van der Waals surface area contributed by atoms with Crippen LogP contribution in [0.3, 0.4) is 0 Å². The highest BCUT2D eigenvalue weighted by molar-refractivity contribution is 7.70. The number of nitrogens with two attached hydrogens (primary N) is 1. The van der Waals surface area contributed by atoms with Gasteiger partial charge in [-0.15, -0.1) is 5.10 Å². The second kappa shape index (κ2) is 7.37. The van der Waals surface area contributed by atoms with E-state index in [1.165, 1.54) is 0 Å². The first-order valence-corrected chi connectivity index (χ1v) is 11.3. The lowest BCUT2D eigenvalue weighted by Crippen LogP contribution is -2.33. The van der Waals surface area contributed by atoms with Crippen molar-refractivity contribution in [2.75, 3.05) is 18.2 Å². The summed E-state index contributed by atoms with van der Waals surface area (Å²) >= 11 is 0. The Balaban J connectivity index is 1.78. The topological polar surface area (TPSA) is 236 Å². The van der Waals surface area contributed by atoms with E-state index in [4.69, 9.17) is 20.3 Å². The Morgan fingerprint density at radius 2 is 1.89 bits per heavy atom. The lowest BCUT2D eigenvalue weighted by molar-refractivity contribution is -0.0550. The summed E-state index contributed by atoms with van der Waals surface area (Å²) in [6, 6.07) is 0. The van der Waals surface area contributed by atoms with E-state index in [9.17, 15) is 24.2 Å². The third kappa shape index (κ3) is 4.38. The lowest BCUT2D eigenvalue weighted by Gasteiger charge is -2.18. The molecule has 17 heteroatoms. The SMILES string of the molecule is Cc1nc(N)c2nnn([C@@H]3O[C@H](COP(=O)(O)CP(=O)(O)O)[C@@H](O)[C@H]3O)c2n1. The molecule has 3 rings (SSSR count). The molecule has 0 bridgehead atoms. The van der Waals surface area contributed by atoms with Gasteiger partial charge in [-0.1, -0.05) is 5.21 Å². The molecule has 5 atom stereocenters. The highest BCUT2D eigenvalue weighted by atomic mass is 31.2. The van der Waals surface area contributed by atoms with E-state index < -0.39 is 52.2 Å². The molecule has 3 heterocycles. The Morgan fingerprint density at radius 1 is 1.21 bits per heavy atom. The molecular weight excluding hydrogens is 422 g/mol. The zero-order chi connectivity index (χ0) is 20.9. The van der Waals surface area contributed by atoms with Gasteiger partial charge in [-0.05, 0) is 6.92 Å². The molecule has 28 heavy (non-hydrogen) atoms. The van der Waals surface area contributed by atoms with Crippen LogP contribution < -0.4 is 5.73 Å². The van der Waals surface area contributed by atoms with Crippen LogP contribution in [0.1, 0.15) is 12.1 Å². The van der Waals surface area contributed by atoms with Crippen LogP contribution in [-0.2, 0) is 18.4 Å². The standard InChI is InChI=1S/C11H18N6O9P2/c1-4-13-9(12)6-10(14-4)17(16-15-6)11-8(19)7(18)5(26-11)2-25-28(23,24)3-27(20,21)22/h5,7-8,11,18-19H,2-3H2,1H3,(H,23,24)(H2,12,13,14)(H2,20,21,22)/t5-,7-,8-,11-/m1/s1. The van der Waals surface area contributed by atoms with Gasteiger partial charge in [0.2, 0.25) is 0 Å². The molecular formula is C11H18N6O9P2. The number of aromatic nitrogens is 5. The summed E-state index contributed by atoms with van der Waals surface area (Å²) < 4.78 is 33.7. The monoisotopic (exact) mass is 440 g/mol. The van der Waals surface area contributed by atoms with E-state index in [2.05, 4.69) is 24.8 Å². The van der Waals surface area contributed by atoms with E-state index in [1.807, 2.05) is 0 Å². The Hall–Kier alpha value is -1.54. The van der Waals surface area contributed by atoms with Gasteiger partial charge in [-0.2, -0.15) is 4.68 Å². The quantitative estimate of drug-likeness (QED) is 0.268. The largest absolute Gasteiger partial charge is 0.387 e. The number of rotatable bonds is 6. The normalized spacial score (nSPS) is 27.9. The average molecular weight is 440 g/mol. The predicted molar refractivity (Wildman–Crippen MR) is 90.9 cm³/mol. The van der Waals surface area contributed by atoms with Gasteiger partial charge in [0.1, 0.15) is 24.1 Å². The third-order valence-electron chi connectivity index (χ3n) is 3.84. The van der Waals surface area contributed by atoms with Crippen LogP contribution >= 0.6 is 15.2 Å². The van der Waals surface area contributed by atoms with Crippen LogP contribution in [0.15, 0.2) is 0 Å². The molecule has 2 aromatic rings. The second-order valence-corrected chi connectivity index (χ2v) is 10.1. The molecule has 7 N–H and O–H groups in total. The lowest BCUT2D eigenvalue weighted by atomic mass is 10.1. The summed E-state index contributed by atoms with van der Waals surface area (Å²) in [6.45, 7) is 0.857. The summed E-state index contributed by atoms with van der Waals surface area (Å²) in [5, 5.41) is 28.0. The van der Waals surface area contributed by atoms with E-state index in [-0.39, 0.29) is 17.0 Å². The molecule has 156 valence electrons. The zero-order valence-corrected chi connectivity index (χ0v) is 16.1. The minimum absolute atomic E-state index is 0.0559. The second-order valence-electron chi connectivity index (χ2n) is 6.15. The molecule has 1 unspecified atom stereocenters. The number of nitrogens with zero attached hydrogens (tertiary/aromatic N) is 5. The molecule has 0 aromatic carbocycles. The van der Waals surface area contributed by atoms with Crippen molar-refractivity contribution in [3.8, 4) is 0 Å². The minimum atomic E-state index is -4.80. The maximum atomic E-state index is 11.7. The van der Waals surface area contributed by atoms with Crippen LogP contribution in [0.4, 0.5) is 5.82 Å². The van der Waals surface area contributed by atoms with E-state index in [0.29, 0.717) is 5.82 Å². The van der Waals surface area contributed by atoms with Gasteiger partial charge >= 0.3 is 15.2 Å². The summed E-state index contributed by atoms with van der Waals surface area (Å²) in [7, 11) is -9.46. The molecule has 0 spiro atoms. The summed E-state index contributed by atoms with van der Waals surface area (Å²) in [6.07, 6.45) is -5.66. The first kappa shape index (κ1) is 21.2. The number of aliphatic hydroxyl groups is 2. The minimum Gasteiger partial charge on any atom is -0.387 e. The van der Waals surface area contributed by atoms with Crippen molar-refractivity contribution in [2.45, 2.75) is 31.5 Å². The predicted octanol–water partition coefficient (Wildman–Crippen LogP) is -1.93. The number of ether oxygens (including phenoxy) is 1. The van der Waals surface area contributed by atoms with Crippen molar-refractivity contribution in [3.63, 3.8) is 0 Å². The molecule has 2 aromatic heterocycles. The molecule has 1 aliphatic rings. The molecule has 1 aliphatic heterocycles. The maximum absolute atomic E-state index is 11.7. The Bertz CT molecular complexity index is 979. The molecule has 0 radical (unpaired) electrons. The van der Waals surface area contributed by atoms with Crippen molar-refractivity contribution in [2.24, 2.45) is 0 Å². The van der Waals surface area contributed by atoms with Crippen LogP contribution in [0.5, 0.6) is 0 Å². The fourth-order valence-corrected chi connectivity index (χ4v) is 5.24. The van der Waals surface area contributed by atoms with Crippen molar-refractivity contribution in [3.05, 3.63) is 5.82 Å². The fourth-order valence-electron chi connectivity index (χ4n) is 2.67. The first-order chi connectivity index (χ1) is 12.9. The van der Waals surface area contributed by atoms with Gasteiger partial charge in [0.05, 0.1) is 6.61 Å². The number of fused-ring (bicyclic) bond motifs is 1. The average Bonchev–Trinajstić information content (AvgIpc) is 3.06. The van der Waals surface area contributed by atoms with Gasteiger partial charge in [0.25, 0.3) is 0 Å². The van der Waals surface area contributed by atoms with Gasteiger partial charge < -0.3 is 39.9 Å². The highest BCUT2D eigenvalue weighted by Gasteiger charge is 2.46. The number of hydrogen-bond donors (Lipinski definition) is 6. The number of anilines is 1. The van der Waals surface area contributed by atoms with Crippen LogP contribution in [0.2, 0.25) is 0 Å². The van der Waals surface area contributed by atoms with Crippen molar-refractivity contribution < 1.29 is 43.3 Å². The van der Waals surface area contributed by atoms with Crippen LogP contribution in [-0.4, -0.2) is 80.7 Å². The molecule has 1 saturated heterocycles. The van der Waals surface area contributed by atoms with Crippen molar-refractivity contribution in [1.29, 1.82) is 0 Å². The van der Waals surface area contributed by atoms with Crippen LogP contribution in [0.25, 0.3) is 11.2 Å². The Labute approximate surface area is 156 Å². The van der Waals surface area contributed by atoms with E-state index in [0.717, 1.165) is 4.68 Å². The molecule has 15 nitrogen and oxygen atoms in total. The zero-order valence-electron chi connectivity index (χ0n) is 14.3. The van der Waals surface area contributed by atoms with E-state index >= 15 is 0 Å². The van der Waals surface area contributed by atoms with Crippen molar-refractivity contribution >= 4 is 32.2 Å². The summed E-state index contributed by atoms with van der Waals surface area (Å²) in [4.78, 5) is 35.1.